The molecule has 2 aromatic rings. The molecule has 0 fully saturated rings. The first-order chi connectivity index (χ1) is 7.63. The second-order valence-corrected chi connectivity index (χ2v) is 3.70. The van der Waals surface area contributed by atoms with Gasteiger partial charge in [-0.15, -0.1) is 0 Å². The molecule has 16 heavy (non-hydrogen) atoms. The highest BCUT2D eigenvalue weighted by Gasteiger charge is 2.10. The zero-order chi connectivity index (χ0) is 11.7. The number of hydrogen-bond donors (Lipinski definition) is 0. The molecule has 0 atom stereocenters. The predicted molar refractivity (Wildman–Crippen MR) is 60.3 cm³/mol. The minimum absolute atomic E-state index is 0.603. The molecule has 0 bridgehead atoms. The van der Waals surface area contributed by atoms with Crippen molar-refractivity contribution in [2.75, 3.05) is 0 Å². The summed E-state index contributed by atoms with van der Waals surface area (Å²) in [5.41, 5.74) is 3.11. The summed E-state index contributed by atoms with van der Waals surface area (Å²) in [4.78, 5) is 8.45. The molecule has 0 amide bonds. The largest absolute Gasteiger partial charge is 0.303 e. The molecule has 0 radical (unpaired) electrons. The Morgan fingerprint density at radius 1 is 1.31 bits per heavy atom. The fourth-order valence-corrected chi connectivity index (χ4v) is 1.77. The monoisotopic (exact) mass is 212 g/mol. The minimum atomic E-state index is 0.603. The van der Waals surface area contributed by atoms with E-state index in [-0.39, 0.29) is 0 Å². The topological polar surface area (TPSA) is 54.5 Å². The van der Waals surface area contributed by atoms with Gasteiger partial charge in [0.2, 0.25) is 0 Å². The van der Waals surface area contributed by atoms with E-state index in [1.807, 2.05) is 37.6 Å². The second-order valence-electron chi connectivity index (χ2n) is 3.70. The van der Waals surface area contributed by atoms with Gasteiger partial charge in [-0.2, -0.15) is 5.26 Å². The van der Waals surface area contributed by atoms with Crippen LogP contribution in [0.2, 0.25) is 0 Å². The van der Waals surface area contributed by atoms with Crippen LogP contribution in [0.15, 0.2) is 18.5 Å². The Morgan fingerprint density at radius 2 is 2.06 bits per heavy atom. The highest BCUT2D eigenvalue weighted by Crippen LogP contribution is 2.18. The number of nitrogens with zero attached hydrogens (tertiary/aromatic N) is 4. The highest BCUT2D eigenvalue weighted by atomic mass is 15.1. The van der Waals surface area contributed by atoms with Crippen LogP contribution in [0.3, 0.4) is 0 Å². The highest BCUT2D eigenvalue weighted by molar-refractivity contribution is 5.52. The molecule has 4 heteroatoms. The quantitative estimate of drug-likeness (QED) is 0.727. The molecule has 0 aliphatic rings. The first-order valence-electron chi connectivity index (χ1n) is 5.02. The van der Waals surface area contributed by atoms with Crippen molar-refractivity contribution in [1.29, 1.82) is 5.26 Å². The Balaban J connectivity index is 2.75. The van der Waals surface area contributed by atoms with Crippen molar-refractivity contribution in [2.24, 2.45) is 0 Å². The SMILES string of the molecule is Cc1cc(-n2ccnc2C)c(C#N)c(C)n1. The molecular weight excluding hydrogens is 200 g/mol. The maximum absolute atomic E-state index is 9.16. The molecular formula is C12H12N4. The third-order valence-corrected chi connectivity index (χ3v) is 2.50. The average molecular weight is 212 g/mol. The van der Waals surface area contributed by atoms with E-state index < -0.39 is 0 Å². The summed E-state index contributed by atoms with van der Waals surface area (Å²) in [5.74, 6) is 0.863. The Labute approximate surface area is 94.2 Å². The summed E-state index contributed by atoms with van der Waals surface area (Å²) in [6.07, 6.45) is 3.58. The number of pyridine rings is 1. The lowest BCUT2D eigenvalue weighted by atomic mass is 10.1. The van der Waals surface area contributed by atoms with Crippen molar-refractivity contribution in [3.63, 3.8) is 0 Å². The number of nitriles is 1. The predicted octanol–water partition coefficient (Wildman–Crippen LogP) is 2.06. The fourth-order valence-electron chi connectivity index (χ4n) is 1.77. The van der Waals surface area contributed by atoms with Crippen LogP contribution in [0, 0.1) is 32.1 Å². The van der Waals surface area contributed by atoms with Crippen LogP contribution >= 0.6 is 0 Å². The number of rotatable bonds is 1. The van der Waals surface area contributed by atoms with Crippen LogP contribution in [-0.4, -0.2) is 14.5 Å². The summed E-state index contributed by atoms with van der Waals surface area (Å²) < 4.78 is 1.90. The van der Waals surface area contributed by atoms with E-state index in [2.05, 4.69) is 16.0 Å². The van der Waals surface area contributed by atoms with E-state index in [4.69, 9.17) is 5.26 Å². The summed E-state index contributed by atoms with van der Waals surface area (Å²) in [5, 5.41) is 9.16. The van der Waals surface area contributed by atoms with E-state index in [0.29, 0.717) is 5.56 Å². The molecule has 2 rings (SSSR count). The zero-order valence-electron chi connectivity index (χ0n) is 9.52. The standard InChI is InChI=1S/C12H12N4/c1-8-6-12(11(7-13)9(2)15-8)16-5-4-14-10(16)3/h4-6H,1-3H3. The molecule has 80 valence electrons. The van der Waals surface area contributed by atoms with Crippen molar-refractivity contribution in [1.82, 2.24) is 14.5 Å². The average Bonchev–Trinajstić information content (AvgIpc) is 2.63. The molecule has 0 saturated carbocycles. The van der Waals surface area contributed by atoms with Crippen molar-refractivity contribution in [2.45, 2.75) is 20.8 Å². The van der Waals surface area contributed by atoms with Crippen LogP contribution in [0.25, 0.3) is 5.69 Å². The lowest BCUT2D eigenvalue weighted by Crippen LogP contribution is -2.03. The summed E-state index contributed by atoms with van der Waals surface area (Å²) >= 11 is 0. The van der Waals surface area contributed by atoms with Crippen LogP contribution in [0.5, 0.6) is 0 Å². The lowest BCUT2D eigenvalue weighted by molar-refractivity contribution is 0.950. The number of aromatic nitrogens is 3. The van der Waals surface area contributed by atoms with Crippen LogP contribution < -0.4 is 0 Å². The molecule has 0 aliphatic carbocycles. The van der Waals surface area contributed by atoms with Crippen LogP contribution in [0.4, 0.5) is 0 Å². The van der Waals surface area contributed by atoms with Crippen LogP contribution in [-0.2, 0) is 0 Å². The molecule has 2 aromatic heterocycles. The Hall–Kier alpha value is -2.15. The maximum atomic E-state index is 9.16. The van der Waals surface area contributed by atoms with E-state index in [1.165, 1.54) is 0 Å². The van der Waals surface area contributed by atoms with Gasteiger partial charge in [0.15, 0.2) is 0 Å². The van der Waals surface area contributed by atoms with Gasteiger partial charge in [0.05, 0.1) is 16.9 Å². The maximum Gasteiger partial charge on any atom is 0.110 e. The van der Waals surface area contributed by atoms with Gasteiger partial charge in [-0.25, -0.2) is 4.98 Å². The van der Waals surface area contributed by atoms with Gasteiger partial charge >= 0.3 is 0 Å². The first kappa shape index (κ1) is 10.4. The summed E-state index contributed by atoms with van der Waals surface area (Å²) in [7, 11) is 0. The van der Waals surface area contributed by atoms with Crippen molar-refractivity contribution < 1.29 is 0 Å². The van der Waals surface area contributed by atoms with Crippen molar-refractivity contribution >= 4 is 0 Å². The Kier molecular flexibility index (Phi) is 2.45. The van der Waals surface area contributed by atoms with Gasteiger partial charge in [0, 0.05) is 18.1 Å². The Bertz CT molecular complexity index is 575. The number of hydrogen-bond acceptors (Lipinski definition) is 3. The number of aryl methyl sites for hydroxylation is 3. The first-order valence-corrected chi connectivity index (χ1v) is 5.02. The molecule has 0 spiro atoms. The van der Waals surface area contributed by atoms with Crippen molar-refractivity contribution in [3.8, 4) is 11.8 Å². The van der Waals surface area contributed by atoms with E-state index in [1.54, 1.807) is 6.20 Å². The molecule has 0 saturated heterocycles. The van der Waals surface area contributed by atoms with Crippen molar-refractivity contribution in [3.05, 3.63) is 41.2 Å². The molecule has 0 aliphatic heterocycles. The molecule has 2 heterocycles. The van der Waals surface area contributed by atoms with E-state index in [9.17, 15) is 0 Å². The normalized spacial score (nSPS) is 10.1. The minimum Gasteiger partial charge on any atom is -0.303 e. The Morgan fingerprint density at radius 3 is 2.62 bits per heavy atom. The second kappa shape index (κ2) is 3.78. The molecule has 0 aromatic carbocycles. The third kappa shape index (κ3) is 1.57. The van der Waals surface area contributed by atoms with Gasteiger partial charge in [-0.05, 0) is 26.8 Å². The summed E-state index contributed by atoms with van der Waals surface area (Å²) in [6, 6.07) is 4.10. The lowest BCUT2D eigenvalue weighted by Gasteiger charge is -2.10. The summed E-state index contributed by atoms with van der Waals surface area (Å²) in [6.45, 7) is 5.68. The van der Waals surface area contributed by atoms with Gasteiger partial charge < -0.3 is 4.57 Å². The van der Waals surface area contributed by atoms with Gasteiger partial charge in [-0.1, -0.05) is 0 Å². The molecule has 0 unspecified atom stereocenters. The smallest absolute Gasteiger partial charge is 0.110 e. The third-order valence-electron chi connectivity index (χ3n) is 2.50. The fraction of sp³-hybridized carbons (Fsp3) is 0.250. The molecule has 0 N–H and O–H groups in total. The van der Waals surface area contributed by atoms with Gasteiger partial charge in [0.1, 0.15) is 11.9 Å². The van der Waals surface area contributed by atoms with Gasteiger partial charge in [-0.3, -0.25) is 4.98 Å². The van der Waals surface area contributed by atoms with Crippen LogP contribution in [0.1, 0.15) is 22.8 Å². The van der Waals surface area contributed by atoms with E-state index >= 15 is 0 Å². The molecule has 4 nitrogen and oxygen atoms in total. The van der Waals surface area contributed by atoms with E-state index in [0.717, 1.165) is 22.9 Å². The number of imidazole rings is 1. The van der Waals surface area contributed by atoms with Gasteiger partial charge in [0.25, 0.3) is 0 Å². The zero-order valence-corrected chi connectivity index (χ0v) is 9.52.